The van der Waals surface area contributed by atoms with Crippen LogP contribution in [0.1, 0.15) is 15.9 Å². The number of alkyl halides is 2. The van der Waals surface area contributed by atoms with Gasteiger partial charge in [-0.15, -0.1) is 0 Å². The van der Waals surface area contributed by atoms with E-state index in [1.807, 2.05) is 0 Å². The van der Waals surface area contributed by atoms with Crippen molar-refractivity contribution in [1.82, 2.24) is 0 Å². The summed E-state index contributed by atoms with van der Waals surface area (Å²) in [5.41, 5.74) is 0.648. The van der Waals surface area contributed by atoms with Gasteiger partial charge in [0.15, 0.2) is 17.3 Å². The number of ether oxygens (including phenoxy) is 2. The van der Waals surface area contributed by atoms with E-state index in [9.17, 15) is 18.7 Å². The van der Waals surface area contributed by atoms with Crippen LogP contribution in [0.15, 0.2) is 48.5 Å². The number of phenols is 1. The standard InChI is InChI=1S/C17H14F2O4/c1-22-15-4-2-3-12(16(15)23-17(18)19)7-10-14(21)11-5-8-13(20)9-6-11/h2-10,17,20H,1H3/b10-7+. The zero-order valence-electron chi connectivity index (χ0n) is 12.2. The minimum atomic E-state index is -3.01. The molecule has 1 N–H and O–H groups in total. The Morgan fingerprint density at radius 1 is 1.17 bits per heavy atom. The van der Waals surface area contributed by atoms with Crippen LogP contribution in [0.2, 0.25) is 0 Å². The van der Waals surface area contributed by atoms with Crippen molar-refractivity contribution in [3.8, 4) is 17.2 Å². The van der Waals surface area contributed by atoms with Gasteiger partial charge in [-0.25, -0.2) is 0 Å². The number of benzene rings is 2. The fourth-order valence-electron chi connectivity index (χ4n) is 1.93. The molecule has 0 aromatic heterocycles. The first kappa shape index (κ1) is 16.5. The number of aromatic hydroxyl groups is 1. The smallest absolute Gasteiger partial charge is 0.387 e. The Kier molecular flexibility index (Phi) is 5.30. The number of phenolic OH excluding ortho intramolecular Hbond substituents is 1. The third-order valence-electron chi connectivity index (χ3n) is 3.00. The molecule has 4 nitrogen and oxygen atoms in total. The summed E-state index contributed by atoms with van der Waals surface area (Å²) in [6, 6.07) is 10.3. The normalized spacial score (nSPS) is 11.0. The minimum absolute atomic E-state index is 0.0472. The van der Waals surface area contributed by atoms with Crippen LogP contribution >= 0.6 is 0 Å². The highest BCUT2D eigenvalue weighted by Crippen LogP contribution is 2.33. The van der Waals surface area contributed by atoms with E-state index in [4.69, 9.17) is 4.74 Å². The molecular weight excluding hydrogens is 306 g/mol. The zero-order valence-corrected chi connectivity index (χ0v) is 12.2. The van der Waals surface area contributed by atoms with Gasteiger partial charge in [0.2, 0.25) is 0 Å². The number of rotatable bonds is 6. The second-order valence-corrected chi connectivity index (χ2v) is 4.50. The number of hydrogen-bond donors (Lipinski definition) is 1. The van der Waals surface area contributed by atoms with E-state index in [0.29, 0.717) is 5.56 Å². The maximum Gasteiger partial charge on any atom is 0.387 e. The fraction of sp³-hybridized carbons (Fsp3) is 0.118. The number of halogens is 2. The molecule has 0 unspecified atom stereocenters. The van der Waals surface area contributed by atoms with E-state index in [1.54, 1.807) is 6.07 Å². The summed E-state index contributed by atoms with van der Waals surface area (Å²) in [6.07, 6.45) is 2.61. The first-order valence-electron chi connectivity index (χ1n) is 6.64. The van der Waals surface area contributed by atoms with Crippen LogP contribution in [0.25, 0.3) is 6.08 Å². The third kappa shape index (κ3) is 4.29. The second kappa shape index (κ2) is 7.40. The average Bonchev–Trinajstić information content (AvgIpc) is 2.53. The Morgan fingerprint density at radius 3 is 2.48 bits per heavy atom. The molecule has 0 aliphatic rings. The van der Waals surface area contributed by atoms with Crippen molar-refractivity contribution in [1.29, 1.82) is 0 Å². The van der Waals surface area contributed by atoms with Crippen LogP contribution in [0, 0.1) is 0 Å². The Morgan fingerprint density at radius 2 is 1.87 bits per heavy atom. The molecule has 0 saturated heterocycles. The molecule has 2 aromatic carbocycles. The van der Waals surface area contributed by atoms with Crippen molar-refractivity contribution >= 4 is 11.9 Å². The van der Waals surface area contributed by atoms with E-state index >= 15 is 0 Å². The second-order valence-electron chi connectivity index (χ2n) is 4.50. The maximum atomic E-state index is 12.5. The fourth-order valence-corrected chi connectivity index (χ4v) is 1.93. The van der Waals surface area contributed by atoms with Gasteiger partial charge in [-0.3, -0.25) is 4.79 Å². The molecule has 120 valence electrons. The first-order valence-corrected chi connectivity index (χ1v) is 6.64. The molecule has 0 aliphatic heterocycles. The highest BCUT2D eigenvalue weighted by molar-refractivity contribution is 6.07. The summed E-state index contributed by atoms with van der Waals surface area (Å²) < 4.78 is 34.5. The predicted molar refractivity (Wildman–Crippen MR) is 81.1 cm³/mol. The van der Waals surface area contributed by atoms with Crippen LogP contribution in [-0.4, -0.2) is 24.6 Å². The molecule has 0 fully saturated rings. The quantitative estimate of drug-likeness (QED) is 0.648. The monoisotopic (exact) mass is 320 g/mol. The largest absolute Gasteiger partial charge is 0.508 e. The lowest BCUT2D eigenvalue weighted by Gasteiger charge is -2.12. The highest BCUT2D eigenvalue weighted by atomic mass is 19.3. The molecule has 6 heteroatoms. The molecular formula is C17H14F2O4. The summed E-state index contributed by atoms with van der Waals surface area (Å²) in [4.78, 5) is 12.0. The van der Waals surface area contributed by atoms with Crippen molar-refractivity contribution in [2.75, 3.05) is 7.11 Å². The first-order chi connectivity index (χ1) is 11.0. The Balaban J connectivity index is 2.28. The number of hydrogen-bond acceptors (Lipinski definition) is 4. The molecule has 0 heterocycles. The topological polar surface area (TPSA) is 55.8 Å². The maximum absolute atomic E-state index is 12.5. The summed E-state index contributed by atoms with van der Waals surface area (Å²) in [7, 11) is 1.34. The van der Waals surface area contributed by atoms with Crippen LogP contribution in [-0.2, 0) is 0 Å². The Labute approximate surface area is 131 Å². The van der Waals surface area contributed by atoms with Crippen LogP contribution < -0.4 is 9.47 Å². The van der Waals surface area contributed by atoms with Gasteiger partial charge in [0, 0.05) is 11.1 Å². The van der Waals surface area contributed by atoms with Gasteiger partial charge in [-0.05, 0) is 42.5 Å². The van der Waals surface area contributed by atoms with Crippen molar-refractivity contribution in [3.63, 3.8) is 0 Å². The molecule has 2 rings (SSSR count). The number of methoxy groups -OCH3 is 1. The van der Waals surface area contributed by atoms with E-state index < -0.39 is 6.61 Å². The van der Waals surface area contributed by atoms with E-state index in [2.05, 4.69) is 4.74 Å². The summed E-state index contributed by atoms with van der Waals surface area (Å²) in [5.74, 6) is -0.286. The average molecular weight is 320 g/mol. The highest BCUT2D eigenvalue weighted by Gasteiger charge is 2.14. The van der Waals surface area contributed by atoms with Gasteiger partial charge in [0.1, 0.15) is 5.75 Å². The van der Waals surface area contributed by atoms with Crippen molar-refractivity contribution < 1.29 is 28.2 Å². The molecule has 0 saturated carbocycles. The van der Waals surface area contributed by atoms with E-state index in [-0.39, 0.29) is 28.6 Å². The summed E-state index contributed by atoms with van der Waals surface area (Å²) >= 11 is 0. The van der Waals surface area contributed by atoms with Gasteiger partial charge >= 0.3 is 6.61 Å². The van der Waals surface area contributed by atoms with Gasteiger partial charge in [-0.1, -0.05) is 12.1 Å². The van der Waals surface area contributed by atoms with E-state index in [1.165, 1.54) is 55.7 Å². The van der Waals surface area contributed by atoms with Crippen LogP contribution in [0.4, 0.5) is 8.78 Å². The minimum Gasteiger partial charge on any atom is -0.508 e. The molecule has 0 aliphatic carbocycles. The van der Waals surface area contributed by atoms with Crippen LogP contribution in [0.3, 0.4) is 0 Å². The molecule has 0 bridgehead atoms. The Hall–Kier alpha value is -2.89. The molecule has 0 spiro atoms. The lowest BCUT2D eigenvalue weighted by Crippen LogP contribution is -2.05. The van der Waals surface area contributed by atoms with Crippen molar-refractivity contribution in [2.24, 2.45) is 0 Å². The van der Waals surface area contributed by atoms with E-state index in [0.717, 1.165) is 0 Å². The summed E-state index contributed by atoms with van der Waals surface area (Å²) in [5, 5.41) is 9.19. The summed E-state index contributed by atoms with van der Waals surface area (Å²) in [6.45, 7) is -3.01. The molecule has 2 aromatic rings. The Bertz CT molecular complexity index is 709. The molecule has 0 atom stereocenters. The molecule has 23 heavy (non-hydrogen) atoms. The molecule has 0 radical (unpaired) electrons. The van der Waals surface area contributed by atoms with Gasteiger partial charge in [0.25, 0.3) is 0 Å². The van der Waals surface area contributed by atoms with Gasteiger partial charge in [0.05, 0.1) is 7.11 Å². The number of ketones is 1. The number of para-hydroxylation sites is 1. The number of carbonyl (C=O) groups is 1. The zero-order chi connectivity index (χ0) is 16.8. The molecule has 0 amide bonds. The van der Waals surface area contributed by atoms with Crippen LogP contribution in [0.5, 0.6) is 17.2 Å². The van der Waals surface area contributed by atoms with Gasteiger partial charge in [-0.2, -0.15) is 8.78 Å². The van der Waals surface area contributed by atoms with Crippen molar-refractivity contribution in [3.05, 3.63) is 59.7 Å². The van der Waals surface area contributed by atoms with Gasteiger partial charge < -0.3 is 14.6 Å². The third-order valence-corrected chi connectivity index (χ3v) is 3.00. The number of carbonyl (C=O) groups excluding carboxylic acids is 1. The lowest BCUT2D eigenvalue weighted by atomic mass is 10.1. The predicted octanol–water partition coefficient (Wildman–Crippen LogP) is 3.90. The SMILES string of the molecule is COc1cccc(/C=C/C(=O)c2ccc(O)cc2)c1OC(F)F. The number of allylic oxidation sites excluding steroid dienone is 1. The lowest BCUT2D eigenvalue weighted by molar-refractivity contribution is -0.0513. The van der Waals surface area contributed by atoms with Crippen molar-refractivity contribution in [2.45, 2.75) is 6.61 Å².